The van der Waals surface area contributed by atoms with Gasteiger partial charge in [-0.1, -0.05) is 28.1 Å². The molecule has 0 bridgehead atoms. The zero-order valence-corrected chi connectivity index (χ0v) is 14.4. The van der Waals surface area contributed by atoms with Crippen molar-refractivity contribution in [2.75, 3.05) is 5.32 Å². The fourth-order valence-electron chi connectivity index (χ4n) is 1.53. The van der Waals surface area contributed by atoms with Crippen LogP contribution in [0.3, 0.4) is 0 Å². The summed E-state index contributed by atoms with van der Waals surface area (Å²) in [5.41, 5.74) is 1.95. The third-order valence-electron chi connectivity index (χ3n) is 2.61. The van der Waals surface area contributed by atoms with Crippen molar-refractivity contribution in [3.8, 4) is 0 Å². The van der Waals surface area contributed by atoms with Crippen LogP contribution in [-0.2, 0) is 4.79 Å². The summed E-state index contributed by atoms with van der Waals surface area (Å²) in [5, 5.41) is 7.81. The fourth-order valence-corrected chi connectivity index (χ4v) is 2.75. The van der Waals surface area contributed by atoms with Crippen LogP contribution in [-0.4, -0.2) is 11.0 Å². The lowest BCUT2D eigenvalue weighted by Gasteiger charge is -2.09. The van der Waals surface area contributed by atoms with Gasteiger partial charge in [-0.3, -0.25) is 10.1 Å². The SMILES string of the molecule is Cc1ccc(NC(=S)NC(=O)/C=C/c2cccs2)cc1Br. The highest BCUT2D eigenvalue weighted by Gasteiger charge is 2.03. The maximum atomic E-state index is 11.7. The van der Waals surface area contributed by atoms with E-state index in [0.29, 0.717) is 0 Å². The number of amides is 1. The van der Waals surface area contributed by atoms with E-state index in [1.807, 2.05) is 42.6 Å². The summed E-state index contributed by atoms with van der Waals surface area (Å²) in [6, 6.07) is 9.65. The first-order valence-corrected chi connectivity index (χ1v) is 8.22. The number of thiophene rings is 1. The van der Waals surface area contributed by atoms with E-state index in [2.05, 4.69) is 26.6 Å². The molecule has 3 nitrogen and oxygen atoms in total. The summed E-state index contributed by atoms with van der Waals surface area (Å²) >= 11 is 10.1. The Kier molecular flexibility index (Phi) is 5.67. The molecule has 0 radical (unpaired) electrons. The number of carbonyl (C=O) groups excluding carboxylic acids is 1. The number of aryl methyl sites for hydroxylation is 1. The Balaban J connectivity index is 1.89. The summed E-state index contributed by atoms with van der Waals surface area (Å²) in [6.45, 7) is 2.00. The minimum atomic E-state index is -0.257. The second-order valence-electron chi connectivity index (χ2n) is 4.26. The van der Waals surface area contributed by atoms with Gasteiger partial charge in [0.15, 0.2) is 5.11 Å². The number of carbonyl (C=O) groups is 1. The lowest BCUT2D eigenvalue weighted by molar-refractivity contribution is -0.115. The van der Waals surface area contributed by atoms with Gasteiger partial charge in [-0.15, -0.1) is 11.3 Å². The molecule has 0 saturated carbocycles. The molecule has 0 saturated heterocycles. The van der Waals surface area contributed by atoms with Crippen LogP contribution in [0.15, 0.2) is 46.3 Å². The number of halogens is 1. The first-order chi connectivity index (χ1) is 10.0. The van der Waals surface area contributed by atoms with E-state index >= 15 is 0 Å². The normalized spacial score (nSPS) is 10.6. The van der Waals surface area contributed by atoms with Gasteiger partial charge in [0.2, 0.25) is 5.91 Å². The van der Waals surface area contributed by atoms with Gasteiger partial charge in [0.05, 0.1) is 0 Å². The Morgan fingerprint density at radius 3 is 2.86 bits per heavy atom. The van der Waals surface area contributed by atoms with Gasteiger partial charge in [0.25, 0.3) is 0 Å². The Hall–Kier alpha value is -1.50. The van der Waals surface area contributed by atoms with E-state index in [1.165, 1.54) is 6.08 Å². The Bertz CT molecular complexity index is 681. The predicted molar refractivity (Wildman–Crippen MR) is 96.6 cm³/mol. The molecule has 1 aromatic heterocycles. The van der Waals surface area contributed by atoms with Crippen molar-refractivity contribution in [3.63, 3.8) is 0 Å². The van der Waals surface area contributed by atoms with Gasteiger partial charge in [-0.2, -0.15) is 0 Å². The minimum Gasteiger partial charge on any atom is -0.332 e. The minimum absolute atomic E-state index is 0.257. The van der Waals surface area contributed by atoms with E-state index in [9.17, 15) is 4.79 Å². The van der Waals surface area contributed by atoms with Crippen molar-refractivity contribution >= 4 is 62.3 Å². The van der Waals surface area contributed by atoms with Gasteiger partial charge in [-0.05, 0) is 54.4 Å². The Labute approximate surface area is 141 Å². The van der Waals surface area contributed by atoms with Crippen LogP contribution in [0.1, 0.15) is 10.4 Å². The summed E-state index contributed by atoms with van der Waals surface area (Å²) in [5.74, 6) is -0.257. The van der Waals surface area contributed by atoms with E-state index in [1.54, 1.807) is 17.4 Å². The molecule has 0 spiro atoms. The maximum Gasteiger partial charge on any atom is 0.250 e. The van der Waals surface area contributed by atoms with Gasteiger partial charge in [0.1, 0.15) is 0 Å². The van der Waals surface area contributed by atoms with Crippen molar-refractivity contribution in [2.24, 2.45) is 0 Å². The second-order valence-corrected chi connectivity index (χ2v) is 6.50. The molecule has 0 unspecified atom stereocenters. The maximum absolute atomic E-state index is 11.7. The highest BCUT2D eigenvalue weighted by atomic mass is 79.9. The fraction of sp³-hybridized carbons (Fsp3) is 0.0667. The van der Waals surface area contributed by atoms with Crippen molar-refractivity contribution in [3.05, 3.63) is 56.7 Å². The summed E-state index contributed by atoms with van der Waals surface area (Å²) in [4.78, 5) is 12.7. The van der Waals surface area contributed by atoms with Gasteiger partial charge in [0, 0.05) is 21.1 Å². The number of benzene rings is 1. The molecular formula is C15H13BrN2OS2. The number of rotatable bonds is 3. The molecule has 0 aliphatic heterocycles. The van der Waals surface area contributed by atoms with E-state index in [4.69, 9.17) is 12.2 Å². The first kappa shape index (κ1) is 15.9. The monoisotopic (exact) mass is 380 g/mol. The molecule has 2 rings (SSSR count). The summed E-state index contributed by atoms with van der Waals surface area (Å²) in [6.07, 6.45) is 3.22. The first-order valence-electron chi connectivity index (χ1n) is 6.14. The number of anilines is 1. The quantitative estimate of drug-likeness (QED) is 0.614. The molecule has 6 heteroatoms. The topological polar surface area (TPSA) is 41.1 Å². The van der Waals surface area contributed by atoms with Crippen LogP contribution in [0.5, 0.6) is 0 Å². The van der Waals surface area contributed by atoms with Crippen LogP contribution < -0.4 is 10.6 Å². The number of thiocarbonyl (C=S) groups is 1. The molecule has 21 heavy (non-hydrogen) atoms. The Morgan fingerprint density at radius 2 is 2.19 bits per heavy atom. The highest BCUT2D eigenvalue weighted by Crippen LogP contribution is 2.20. The number of nitrogens with one attached hydrogen (secondary N) is 2. The molecule has 108 valence electrons. The molecule has 1 amide bonds. The van der Waals surface area contributed by atoms with Crippen molar-refractivity contribution in [1.82, 2.24) is 5.32 Å². The second kappa shape index (κ2) is 7.49. The zero-order chi connectivity index (χ0) is 15.2. The molecule has 2 aromatic rings. The largest absolute Gasteiger partial charge is 0.332 e. The third-order valence-corrected chi connectivity index (χ3v) is 4.50. The lowest BCUT2D eigenvalue weighted by Crippen LogP contribution is -2.32. The van der Waals surface area contributed by atoms with Gasteiger partial charge < -0.3 is 5.32 Å². The molecule has 2 N–H and O–H groups in total. The molecule has 0 atom stereocenters. The average molecular weight is 381 g/mol. The van der Waals surface area contributed by atoms with E-state index in [-0.39, 0.29) is 11.0 Å². The molecular weight excluding hydrogens is 368 g/mol. The molecule has 1 heterocycles. The standard InChI is InChI=1S/C15H13BrN2OS2/c1-10-4-5-11(9-13(10)16)17-15(20)18-14(19)7-6-12-3-2-8-21-12/h2-9H,1H3,(H2,17,18,19,20)/b7-6+. The summed E-state index contributed by atoms with van der Waals surface area (Å²) in [7, 11) is 0. The van der Waals surface area contributed by atoms with Crippen molar-refractivity contribution < 1.29 is 4.79 Å². The van der Waals surface area contributed by atoms with Gasteiger partial charge in [-0.25, -0.2) is 0 Å². The van der Waals surface area contributed by atoms with Gasteiger partial charge >= 0.3 is 0 Å². The van der Waals surface area contributed by atoms with Crippen LogP contribution in [0, 0.1) is 6.92 Å². The van der Waals surface area contributed by atoms with E-state index in [0.717, 1.165) is 20.6 Å². The van der Waals surface area contributed by atoms with Crippen LogP contribution in [0.25, 0.3) is 6.08 Å². The zero-order valence-electron chi connectivity index (χ0n) is 11.2. The van der Waals surface area contributed by atoms with Crippen molar-refractivity contribution in [1.29, 1.82) is 0 Å². The number of hydrogen-bond acceptors (Lipinski definition) is 3. The predicted octanol–water partition coefficient (Wildman–Crippen LogP) is 4.35. The van der Waals surface area contributed by atoms with Crippen LogP contribution in [0.4, 0.5) is 5.69 Å². The Morgan fingerprint density at radius 1 is 1.38 bits per heavy atom. The molecule has 0 aliphatic carbocycles. The smallest absolute Gasteiger partial charge is 0.250 e. The van der Waals surface area contributed by atoms with Crippen LogP contribution in [0.2, 0.25) is 0 Å². The average Bonchev–Trinajstić information content (AvgIpc) is 2.94. The molecule has 0 aliphatic rings. The summed E-state index contributed by atoms with van der Waals surface area (Å²) < 4.78 is 0.985. The van der Waals surface area contributed by atoms with Crippen molar-refractivity contribution in [2.45, 2.75) is 6.92 Å². The van der Waals surface area contributed by atoms with Crippen LogP contribution >= 0.6 is 39.5 Å². The number of hydrogen-bond donors (Lipinski definition) is 2. The third kappa shape index (κ3) is 5.08. The molecule has 1 aromatic carbocycles. The molecule has 0 fully saturated rings. The lowest BCUT2D eigenvalue weighted by atomic mass is 10.2. The van der Waals surface area contributed by atoms with E-state index < -0.39 is 0 Å². The highest BCUT2D eigenvalue weighted by molar-refractivity contribution is 9.10.